The Morgan fingerprint density at radius 2 is 1.70 bits per heavy atom. The monoisotopic (exact) mass is 318 g/mol. The summed E-state index contributed by atoms with van der Waals surface area (Å²) < 4.78 is 43.0. The van der Waals surface area contributed by atoms with Crippen molar-refractivity contribution in [3.63, 3.8) is 0 Å². The van der Waals surface area contributed by atoms with E-state index in [1.807, 2.05) is 18.4 Å². The molecule has 0 N–H and O–H groups in total. The molecule has 0 atom stereocenters. The minimum absolute atomic E-state index is 0.0752. The molecule has 2 aromatic rings. The van der Waals surface area contributed by atoms with E-state index in [1.54, 1.807) is 23.9 Å². The van der Waals surface area contributed by atoms with Crippen LogP contribution < -0.4 is 4.74 Å². The van der Waals surface area contributed by atoms with Gasteiger partial charge in [-0.25, -0.2) is 0 Å². The summed E-state index contributed by atoms with van der Waals surface area (Å²) in [5.74, 6) is 0.709. The molecule has 2 rings (SSSR count). The smallest absolute Gasteiger partial charge is 0.416 e. The van der Waals surface area contributed by atoms with Gasteiger partial charge in [-0.05, 0) is 48.7 Å². The maximum Gasteiger partial charge on any atom is 0.416 e. The van der Waals surface area contributed by atoms with E-state index >= 15 is 0 Å². The molecule has 0 aliphatic rings. The van der Waals surface area contributed by atoms with Crippen molar-refractivity contribution in [2.45, 2.75) is 11.1 Å². The van der Waals surface area contributed by atoms with Crippen molar-refractivity contribution in [2.75, 3.05) is 6.26 Å². The van der Waals surface area contributed by atoms with Gasteiger partial charge in [-0.3, -0.25) is 0 Å². The van der Waals surface area contributed by atoms with Crippen LogP contribution in [0.1, 0.15) is 5.56 Å². The van der Waals surface area contributed by atoms with Gasteiger partial charge in [0.05, 0.1) is 10.6 Å². The lowest BCUT2D eigenvalue weighted by Crippen LogP contribution is -2.04. The molecular weight excluding hydrogens is 309 g/mol. The molecule has 0 saturated heterocycles. The zero-order chi connectivity index (χ0) is 14.8. The number of benzene rings is 2. The Kier molecular flexibility index (Phi) is 4.50. The van der Waals surface area contributed by atoms with E-state index in [9.17, 15) is 13.2 Å². The van der Waals surface area contributed by atoms with E-state index in [0.29, 0.717) is 5.75 Å². The summed E-state index contributed by atoms with van der Waals surface area (Å²) in [7, 11) is 0. The summed E-state index contributed by atoms with van der Waals surface area (Å²) in [6.45, 7) is 0. The Morgan fingerprint density at radius 3 is 2.20 bits per heavy atom. The fourth-order valence-electron chi connectivity index (χ4n) is 1.53. The quantitative estimate of drug-likeness (QED) is 0.654. The maximum atomic E-state index is 12.5. The van der Waals surface area contributed by atoms with E-state index in [1.165, 1.54) is 6.07 Å². The number of ether oxygens (including phenoxy) is 1. The number of thioether (sulfide) groups is 1. The van der Waals surface area contributed by atoms with Crippen LogP contribution in [0.15, 0.2) is 47.4 Å². The molecule has 0 aliphatic heterocycles. The Labute approximate surface area is 123 Å². The van der Waals surface area contributed by atoms with E-state index in [2.05, 4.69) is 0 Å². The number of hydrogen-bond donors (Lipinski definition) is 0. The molecule has 0 radical (unpaired) electrons. The lowest BCUT2D eigenvalue weighted by molar-refractivity contribution is -0.137. The van der Waals surface area contributed by atoms with Gasteiger partial charge in [0.25, 0.3) is 0 Å². The zero-order valence-electron chi connectivity index (χ0n) is 10.4. The zero-order valence-corrected chi connectivity index (χ0v) is 11.9. The lowest BCUT2D eigenvalue weighted by Gasteiger charge is -2.11. The number of alkyl halides is 3. The highest BCUT2D eigenvalue weighted by Gasteiger charge is 2.31. The van der Waals surface area contributed by atoms with Gasteiger partial charge in [0.2, 0.25) is 0 Å². The SMILES string of the molecule is CSc1ccc(Oc2ccc(C(F)(F)F)cc2Cl)cc1. The van der Waals surface area contributed by atoms with Crippen LogP contribution in [0.25, 0.3) is 0 Å². The van der Waals surface area contributed by atoms with Crippen LogP contribution in [0, 0.1) is 0 Å². The van der Waals surface area contributed by atoms with Crippen LogP contribution in [0.3, 0.4) is 0 Å². The lowest BCUT2D eigenvalue weighted by atomic mass is 10.2. The molecule has 0 heterocycles. The van der Waals surface area contributed by atoms with Crippen molar-refractivity contribution >= 4 is 23.4 Å². The maximum absolute atomic E-state index is 12.5. The Hall–Kier alpha value is -1.33. The summed E-state index contributed by atoms with van der Waals surface area (Å²) in [6.07, 6.45) is -2.47. The molecule has 0 spiro atoms. The third-order valence-corrected chi connectivity index (χ3v) is 3.59. The van der Waals surface area contributed by atoms with E-state index in [4.69, 9.17) is 16.3 Å². The molecule has 0 aliphatic carbocycles. The third kappa shape index (κ3) is 3.61. The molecule has 0 aromatic heterocycles. The molecule has 6 heteroatoms. The first kappa shape index (κ1) is 15.1. The van der Waals surface area contributed by atoms with Gasteiger partial charge in [0.1, 0.15) is 11.5 Å². The van der Waals surface area contributed by atoms with E-state index in [-0.39, 0.29) is 10.8 Å². The van der Waals surface area contributed by atoms with Crippen LogP contribution in [-0.4, -0.2) is 6.26 Å². The van der Waals surface area contributed by atoms with Crippen LogP contribution in [0.2, 0.25) is 5.02 Å². The molecule has 0 unspecified atom stereocenters. The van der Waals surface area contributed by atoms with Crippen LogP contribution >= 0.6 is 23.4 Å². The van der Waals surface area contributed by atoms with E-state index in [0.717, 1.165) is 17.0 Å². The summed E-state index contributed by atoms with van der Waals surface area (Å²) in [5, 5.41) is -0.0752. The van der Waals surface area contributed by atoms with Gasteiger partial charge in [-0.15, -0.1) is 11.8 Å². The highest BCUT2D eigenvalue weighted by molar-refractivity contribution is 7.98. The van der Waals surface area contributed by atoms with Gasteiger partial charge >= 0.3 is 6.18 Å². The highest BCUT2D eigenvalue weighted by atomic mass is 35.5. The van der Waals surface area contributed by atoms with E-state index < -0.39 is 11.7 Å². The summed E-state index contributed by atoms with van der Waals surface area (Å²) in [5.41, 5.74) is -0.799. The predicted octanol–water partition coefficient (Wildman–Crippen LogP) is 5.87. The summed E-state index contributed by atoms with van der Waals surface area (Å²) in [6, 6.07) is 10.2. The molecule has 0 fully saturated rings. The molecule has 1 nitrogen and oxygen atoms in total. The second-order valence-electron chi connectivity index (χ2n) is 3.92. The van der Waals surface area contributed by atoms with Gasteiger partial charge in [-0.1, -0.05) is 11.6 Å². The fourth-order valence-corrected chi connectivity index (χ4v) is 2.16. The minimum atomic E-state index is -4.41. The van der Waals surface area contributed by atoms with Crippen molar-refractivity contribution in [2.24, 2.45) is 0 Å². The minimum Gasteiger partial charge on any atom is -0.456 e. The first-order valence-corrected chi connectivity index (χ1v) is 7.19. The topological polar surface area (TPSA) is 9.23 Å². The van der Waals surface area contributed by atoms with Gasteiger partial charge in [-0.2, -0.15) is 13.2 Å². The highest BCUT2D eigenvalue weighted by Crippen LogP contribution is 2.36. The average Bonchev–Trinajstić information content (AvgIpc) is 2.41. The molecule has 0 bridgehead atoms. The molecule has 0 saturated carbocycles. The normalized spacial score (nSPS) is 11.4. The Morgan fingerprint density at radius 1 is 1.05 bits per heavy atom. The summed E-state index contributed by atoms with van der Waals surface area (Å²) >= 11 is 7.40. The van der Waals surface area contributed by atoms with Gasteiger partial charge in [0.15, 0.2) is 0 Å². The van der Waals surface area contributed by atoms with Crippen molar-refractivity contribution in [1.82, 2.24) is 0 Å². The number of hydrogen-bond acceptors (Lipinski definition) is 2. The fraction of sp³-hybridized carbons (Fsp3) is 0.143. The summed E-state index contributed by atoms with van der Waals surface area (Å²) in [4.78, 5) is 1.07. The predicted molar refractivity (Wildman–Crippen MR) is 74.8 cm³/mol. The first-order valence-electron chi connectivity index (χ1n) is 5.59. The largest absolute Gasteiger partial charge is 0.456 e. The van der Waals surface area contributed by atoms with Crippen LogP contribution in [0.4, 0.5) is 13.2 Å². The Bertz CT molecular complexity index is 596. The van der Waals surface area contributed by atoms with Crippen molar-refractivity contribution < 1.29 is 17.9 Å². The Balaban J connectivity index is 2.21. The molecular formula is C14H10ClF3OS. The number of rotatable bonds is 3. The average molecular weight is 319 g/mol. The standard InChI is InChI=1S/C14H10ClF3OS/c1-20-11-5-3-10(4-6-11)19-13-7-2-9(8-12(13)15)14(16,17)18/h2-8H,1H3. The second-order valence-corrected chi connectivity index (χ2v) is 5.21. The molecule has 0 amide bonds. The van der Waals surface area contributed by atoms with Gasteiger partial charge < -0.3 is 4.74 Å². The van der Waals surface area contributed by atoms with Crippen LogP contribution in [-0.2, 0) is 6.18 Å². The second kappa shape index (κ2) is 5.97. The van der Waals surface area contributed by atoms with Crippen LogP contribution in [0.5, 0.6) is 11.5 Å². The third-order valence-electron chi connectivity index (χ3n) is 2.55. The van der Waals surface area contributed by atoms with Gasteiger partial charge in [0, 0.05) is 4.90 Å². The number of halogens is 4. The first-order chi connectivity index (χ1) is 9.40. The molecule has 20 heavy (non-hydrogen) atoms. The molecule has 2 aromatic carbocycles. The molecule has 106 valence electrons. The van der Waals surface area contributed by atoms with Crippen molar-refractivity contribution in [3.8, 4) is 11.5 Å². The van der Waals surface area contributed by atoms with Crippen molar-refractivity contribution in [1.29, 1.82) is 0 Å². The van der Waals surface area contributed by atoms with Crippen molar-refractivity contribution in [3.05, 3.63) is 53.1 Å².